The van der Waals surface area contributed by atoms with Crippen molar-refractivity contribution in [3.05, 3.63) is 34.9 Å². The zero-order chi connectivity index (χ0) is 16.4. The van der Waals surface area contributed by atoms with Gasteiger partial charge in [0, 0.05) is 17.9 Å². The lowest BCUT2D eigenvalue weighted by molar-refractivity contribution is -0.134. The van der Waals surface area contributed by atoms with E-state index >= 15 is 0 Å². The monoisotopic (exact) mass is 292 g/mol. The number of hydrogen-bond acceptors (Lipinski definition) is 4. The molecule has 1 rings (SSSR count). The minimum Gasteiger partial charge on any atom is -0.466 e. The molecule has 0 radical (unpaired) electrons. The Bertz CT molecular complexity index is 549. The second-order valence-electron chi connectivity index (χ2n) is 6.30. The third kappa shape index (κ3) is 3.32. The van der Waals surface area contributed by atoms with E-state index in [1.807, 2.05) is 20.8 Å². The quantitative estimate of drug-likeness (QED) is 0.493. The van der Waals surface area contributed by atoms with Gasteiger partial charge in [0.1, 0.15) is 5.60 Å². The van der Waals surface area contributed by atoms with Crippen LogP contribution in [0.25, 0.3) is 0 Å². The van der Waals surface area contributed by atoms with Crippen LogP contribution < -0.4 is 0 Å². The fourth-order valence-electron chi connectivity index (χ4n) is 3.07. The van der Waals surface area contributed by atoms with Gasteiger partial charge in [0.05, 0.1) is 7.11 Å². The normalized spacial score (nSPS) is 26.4. The maximum absolute atomic E-state index is 11.7. The molecule has 0 aromatic carbocycles. The summed E-state index contributed by atoms with van der Waals surface area (Å²) < 4.78 is 4.59. The van der Waals surface area contributed by atoms with Crippen LogP contribution >= 0.6 is 0 Å². The first-order valence-corrected chi connectivity index (χ1v) is 6.93. The largest absolute Gasteiger partial charge is 0.466 e. The Morgan fingerprint density at radius 1 is 1.33 bits per heavy atom. The maximum Gasteiger partial charge on any atom is 0.330 e. The molecule has 0 saturated carbocycles. The Labute approximate surface area is 126 Å². The summed E-state index contributed by atoms with van der Waals surface area (Å²) in [6, 6.07) is 0. The number of aliphatic hydroxyl groups is 1. The number of ketones is 1. The number of allylic oxidation sites excluding steroid dienone is 3. The first-order chi connectivity index (χ1) is 9.54. The number of carbonyl (C=O) groups is 2. The van der Waals surface area contributed by atoms with E-state index in [9.17, 15) is 14.7 Å². The van der Waals surface area contributed by atoms with E-state index < -0.39 is 17.0 Å². The van der Waals surface area contributed by atoms with Gasteiger partial charge in [-0.05, 0) is 43.6 Å². The average molecular weight is 292 g/mol. The Hall–Kier alpha value is -1.68. The number of ether oxygens (including phenoxy) is 1. The molecule has 0 spiro atoms. The fraction of sp³-hybridized carbons (Fsp3) is 0.529. The lowest BCUT2D eigenvalue weighted by atomic mass is 9.61. The Balaban J connectivity index is 3.28. The number of carbonyl (C=O) groups excluding carboxylic acids is 2. The van der Waals surface area contributed by atoms with Crippen LogP contribution in [0.5, 0.6) is 0 Å². The van der Waals surface area contributed by atoms with Crippen molar-refractivity contribution in [1.29, 1.82) is 0 Å². The molecule has 0 aromatic heterocycles. The topological polar surface area (TPSA) is 63.6 Å². The lowest BCUT2D eigenvalue weighted by Crippen LogP contribution is -2.50. The van der Waals surface area contributed by atoms with E-state index in [0.29, 0.717) is 16.7 Å². The third-order valence-corrected chi connectivity index (χ3v) is 4.11. The third-order valence-electron chi connectivity index (χ3n) is 4.11. The first-order valence-electron chi connectivity index (χ1n) is 6.93. The highest BCUT2D eigenvalue weighted by Crippen LogP contribution is 2.47. The predicted molar refractivity (Wildman–Crippen MR) is 81.6 cm³/mol. The molecule has 1 aliphatic rings. The molecule has 0 amide bonds. The number of hydrogen-bond donors (Lipinski definition) is 1. The van der Waals surface area contributed by atoms with Crippen LogP contribution in [0.3, 0.4) is 0 Å². The number of rotatable bonds is 3. The van der Waals surface area contributed by atoms with Crippen molar-refractivity contribution in [2.75, 3.05) is 7.11 Å². The summed E-state index contributed by atoms with van der Waals surface area (Å²) in [7, 11) is 1.32. The minimum absolute atomic E-state index is 0.0248. The van der Waals surface area contributed by atoms with Gasteiger partial charge in [-0.15, -0.1) is 0 Å². The highest BCUT2D eigenvalue weighted by molar-refractivity contribution is 5.93. The molecule has 0 aliphatic heterocycles. The van der Waals surface area contributed by atoms with E-state index in [1.165, 1.54) is 19.3 Å². The Morgan fingerprint density at radius 2 is 1.90 bits per heavy atom. The van der Waals surface area contributed by atoms with Gasteiger partial charge in [-0.1, -0.05) is 19.9 Å². The van der Waals surface area contributed by atoms with Gasteiger partial charge in [-0.2, -0.15) is 0 Å². The van der Waals surface area contributed by atoms with E-state index in [-0.39, 0.29) is 12.2 Å². The second-order valence-corrected chi connectivity index (χ2v) is 6.30. The van der Waals surface area contributed by atoms with Crippen LogP contribution in [0.1, 0.15) is 41.0 Å². The van der Waals surface area contributed by atoms with E-state index in [2.05, 4.69) is 4.74 Å². The van der Waals surface area contributed by atoms with Crippen LogP contribution in [0.4, 0.5) is 0 Å². The van der Waals surface area contributed by atoms with Crippen LogP contribution in [0, 0.1) is 5.41 Å². The molecule has 4 heteroatoms. The summed E-state index contributed by atoms with van der Waals surface area (Å²) in [5.74, 6) is -0.411. The standard InChI is InChI=1S/C17H24O4/c1-11(8-15(19)21-6)7-12(2)17(20)13(3)9-14(18)10-16(17,4)5/h7-9,20H,10H2,1-6H3/b11-8-,12-7+. The highest BCUT2D eigenvalue weighted by Gasteiger charge is 2.49. The molecule has 0 saturated heterocycles. The van der Waals surface area contributed by atoms with Gasteiger partial charge in [0.2, 0.25) is 0 Å². The van der Waals surface area contributed by atoms with Crippen molar-refractivity contribution in [3.63, 3.8) is 0 Å². The molecule has 21 heavy (non-hydrogen) atoms. The molecule has 1 aliphatic carbocycles. The van der Waals surface area contributed by atoms with E-state index in [1.54, 1.807) is 19.9 Å². The van der Waals surface area contributed by atoms with Crippen molar-refractivity contribution in [3.8, 4) is 0 Å². The Kier molecular flexibility index (Phi) is 4.95. The maximum atomic E-state index is 11.7. The van der Waals surface area contributed by atoms with Gasteiger partial charge in [-0.25, -0.2) is 4.79 Å². The molecule has 1 atom stereocenters. The molecular formula is C17H24O4. The molecule has 1 unspecified atom stereocenters. The summed E-state index contributed by atoms with van der Waals surface area (Å²) in [5.41, 5.74) is 0.212. The van der Waals surface area contributed by atoms with Crippen LogP contribution in [-0.2, 0) is 14.3 Å². The van der Waals surface area contributed by atoms with Crippen molar-refractivity contribution in [2.24, 2.45) is 5.41 Å². The van der Waals surface area contributed by atoms with Crippen molar-refractivity contribution in [2.45, 2.75) is 46.6 Å². The number of methoxy groups -OCH3 is 1. The van der Waals surface area contributed by atoms with Gasteiger partial charge < -0.3 is 9.84 Å². The zero-order valence-corrected chi connectivity index (χ0v) is 13.6. The van der Waals surface area contributed by atoms with Crippen LogP contribution in [0.2, 0.25) is 0 Å². The van der Waals surface area contributed by atoms with Crippen molar-refractivity contribution >= 4 is 11.8 Å². The summed E-state index contributed by atoms with van der Waals surface area (Å²) in [6.07, 6.45) is 4.91. The van der Waals surface area contributed by atoms with Gasteiger partial charge in [-0.3, -0.25) is 4.79 Å². The zero-order valence-electron chi connectivity index (χ0n) is 13.6. The summed E-state index contributed by atoms with van der Waals surface area (Å²) in [6.45, 7) is 9.08. The summed E-state index contributed by atoms with van der Waals surface area (Å²) >= 11 is 0. The molecule has 116 valence electrons. The molecule has 0 bridgehead atoms. The van der Waals surface area contributed by atoms with E-state index in [0.717, 1.165) is 0 Å². The molecule has 0 fully saturated rings. The molecule has 0 heterocycles. The predicted octanol–water partition coefficient (Wildman–Crippen LogP) is 2.73. The van der Waals surface area contributed by atoms with Gasteiger partial charge in [0.15, 0.2) is 5.78 Å². The van der Waals surface area contributed by atoms with Crippen LogP contribution in [0.15, 0.2) is 34.9 Å². The molecular weight excluding hydrogens is 268 g/mol. The number of esters is 1. The lowest BCUT2D eigenvalue weighted by Gasteiger charge is -2.46. The Morgan fingerprint density at radius 3 is 2.38 bits per heavy atom. The smallest absolute Gasteiger partial charge is 0.330 e. The second kappa shape index (κ2) is 5.98. The van der Waals surface area contributed by atoms with Gasteiger partial charge >= 0.3 is 5.97 Å². The van der Waals surface area contributed by atoms with Crippen molar-refractivity contribution < 1.29 is 19.4 Å². The molecule has 1 N–H and O–H groups in total. The van der Waals surface area contributed by atoms with E-state index in [4.69, 9.17) is 0 Å². The fourth-order valence-corrected chi connectivity index (χ4v) is 3.07. The minimum atomic E-state index is -1.20. The summed E-state index contributed by atoms with van der Waals surface area (Å²) in [4.78, 5) is 23.0. The van der Waals surface area contributed by atoms with Crippen molar-refractivity contribution in [1.82, 2.24) is 0 Å². The summed E-state index contributed by atoms with van der Waals surface area (Å²) in [5, 5.41) is 11.2. The highest BCUT2D eigenvalue weighted by atomic mass is 16.5. The molecule has 0 aromatic rings. The molecule has 4 nitrogen and oxygen atoms in total. The first kappa shape index (κ1) is 17.4. The SMILES string of the molecule is COC(=O)/C=C(C)\C=C(/C)C1(O)C(C)=CC(=O)CC1(C)C. The van der Waals surface area contributed by atoms with Gasteiger partial charge in [0.25, 0.3) is 0 Å². The van der Waals surface area contributed by atoms with Crippen LogP contribution in [-0.4, -0.2) is 29.6 Å². The average Bonchev–Trinajstić information content (AvgIpc) is 2.34.